The summed E-state index contributed by atoms with van der Waals surface area (Å²) in [5, 5.41) is 12.6. The summed E-state index contributed by atoms with van der Waals surface area (Å²) in [6.45, 7) is 5.90. The van der Waals surface area contributed by atoms with E-state index in [-0.39, 0.29) is 12.5 Å². The molecule has 0 radical (unpaired) electrons. The summed E-state index contributed by atoms with van der Waals surface area (Å²) >= 11 is 1.83. The second-order valence-electron chi connectivity index (χ2n) is 7.02. The molecule has 6 nitrogen and oxygen atoms in total. The van der Waals surface area contributed by atoms with E-state index in [1.165, 1.54) is 4.90 Å². The van der Waals surface area contributed by atoms with Crippen LogP contribution in [0.25, 0.3) is 0 Å². The summed E-state index contributed by atoms with van der Waals surface area (Å²) in [6.07, 6.45) is 1.72. The first-order chi connectivity index (χ1) is 10.3. The molecular weight excluding hydrogens is 304 g/mol. The van der Waals surface area contributed by atoms with E-state index < -0.39 is 23.3 Å². The summed E-state index contributed by atoms with van der Waals surface area (Å²) in [7, 11) is 0. The van der Waals surface area contributed by atoms with Crippen molar-refractivity contribution in [2.24, 2.45) is 0 Å². The minimum atomic E-state index is -0.569. The van der Waals surface area contributed by atoms with Crippen molar-refractivity contribution >= 4 is 23.8 Å². The number of amides is 2. The summed E-state index contributed by atoms with van der Waals surface area (Å²) in [4.78, 5) is 26.0. The van der Waals surface area contributed by atoms with Gasteiger partial charge in [-0.25, -0.2) is 4.79 Å². The Hall–Kier alpha value is -0.950. The van der Waals surface area contributed by atoms with E-state index in [4.69, 9.17) is 4.74 Å². The molecule has 2 N–H and O–H groups in total. The predicted molar refractivity (Wildman–Crippen MR) is 85.9 cm³/mol. The van der Waals surface area contributed by atoms with Gasteiger partial charge in [0.05, 0.1) is 12.1 Å². The van der Waals surface area contributed by atoms with Crippen molar-refractivity contribution in [3.8, 4) is 0 Å². The molecule has 22 heavy (non-hydrogen) atoms. The molecule has 2 rings (SSSR count). The van der Waals surface area contributed by atoms with Crippen molar-refractivity contribution < 1.29 is 19.4 Å². The number of carbonyl (C=O) groups excluding carboxylic acids is 2. The van der Waals surface area contributed by atoms with Crippen LogP contribution in [-0.4, -0.2) is 63.8 Å². The number of hydrogen-bond donors (Lipinski definition) is 2. The molecule has 2 fully saturated rings. The maximum atomic E-state index is 12.5. The quantitative estimate of drug-likeness (QED) is 0.817. The van der Waals surface area contributed by atoms with Gasteiger partial charge in [-0.1, -0.05) is 0 Å². The van der Waals surface area contributed by atoms with Crippen molar-refractivity contribution in [1.29, 1.82) is 0 Å². The molecular formula is C15H26N2O4S. The van der Waals surface area contributed by atoms with E-state index in [2.05, 4.69) is 5.32 Å². The Labute approximate surface area is 136 Å². The smallest absolute Gasteiger partial charge is 0.410 e. The Kier molecular flexibility index (Phi) is 5.27. The van der Waals surface area contributed by atoms with Crippen molar-refractivity contribution in [2.75, 3.05) is 24.7 Å². The molecule has 126 valence electrons. The van der Waals surface area contributed by atoms with Crippen LogP contribution in [0.1, 0.15) is 40.0 Å². The van der Waals surface area contributed by atoms with Crippen LogP contribution in [0, 0.1) is 0 Å². The molecule has 2 aliphatic rings. The fraction of sp³-hybridized carbons (Fsp3) is 0.867. The lowest BCUT2D eigenvalue weighted by Gasteiger charge is -2.43. The van der Waals surface area contributed by atoms with Crippen molar-refractivity contribution in [3.05, 3.63) is 0 Å². The van der Waals surface area contributed by atoms with Gasteiger partial charge in [-0.3, -0.25) is 9.69 Å². The van der Waals surface area contributed by atoms with Crippen LogP contribution in [-0.2, 0) is 9.53 Å². The SMILES string of the molecule is CC(C)(C)OC(=O)N1CC[C@@H]1C(=O)NC1(CO)CCSCC1. The molecule has 2 heterocycles. The van der Waals surface area contributed by atoms with Crippen molar-refractivity contribution in [2.45, 2.75) is 57.2 Å². The summed E-state index contributed by atoms with van der Waals surface area (Å²) in [6, 6.07) is -0.479. The zero-order valence-electron chi connectivity index (χ0n) is 13.6. The molecule has 0 aromatic carbocycles. The van der Waals surface area contributed by atoms with Gasteiger partial charge in [0, 0.05) is 6.54 Å². The molecule has 2 amide bonds. The first-order valence-corrected chi connectivity index (χ1v) is 8.92. The van der Waals surface area contributed by atoms with Gasteiger partial charge < -0.3 is 15.2 Å². The second kappa shape index (κ2) is 6.66. The average Bonchev–Trinajstić information content (AvgIpc) is 2.35. The topological polar surface area (TPSA) is 78.9 Å². The zero-order chi connectivity index (χ0) is 16.4. The molecule has 0 aromatic rings. The molecule has 0 aliphatic carbocycles. The number of carbonyl (C=O) groups is 2. The molecule has 0 aromatic heterocycles. The van der Waals surface area contributed by atoms with E-state index in [9.17, 15) is 14.7 Å². The number of likely N-dealkylation sites (tertiary alicyclic amines) is 1. The standard InChI is InChI=1S/C15H26N2O4S/c1-14(2,3)21-13(20)17-7-4-11(17)12(19)16-15(10-18)5-8-22-9-6-15/h11,18H,4-10H2,1-3H3,(H,16,19)/t11-/m1/s1. The highest BCUT2D eigenvalue weighted by molar-refractivity contribution is 7.99. The number of ether oxygens (including phenoxy) is 1. The maximum absolute atomic E-state index is 12.5. The maximum Gasteiger partial charge on any atom is 0.410 e. The predicted octanol–water partition coefficient (Wildman–Crippen LogP) is 1.37. The zero-order valence-corrected chi connectivity index (χ0v) is 14.4. The molecule has 2 aliphatic heterocycles. The third kappa shape index (κ3) is 4.07. The lowest BCUT2D eigenvalue weighted by molar-refractivity contribution is -0.133. The van der Waals surface area contributed by atoms with Gasteiger partial charge in [0.15, 0.2) is 0 Å². The van der Waals surface area contributed by atoms with Gasteiger partial charge in [-0.15, -0.1) is 0 Å². The summed E-state index contributed by atoms with van der Waals surface area (Å²) in [5.41, 5.74) is -1.10. The average molecular weight is 330 g/mol. The fourth-order valence-electron chi connectivity index (χ4n) is 2.63. The van der Waals surface area contributed by atoms with E-state index >= 15 is 0 Å². The first-order valence-electron chi connectivity index (χ1n) is 7.77. The Morgan fingerprint density at radius 3 is 2.45 bits per heavy atom. The summed E-state index contributed by atoms with van der Waals surface area (Å²) < 4.78 is 5.32. The van der Waals surface area contributed by atoms with Gasteiger partial charge in [0.2, 0.25) is 5.91 Å². The van der Waals surface area contributed by atoms with Crippen LogP contribution in [0.2, 0.25) is 0 Å². The minimum absolute atomic E-state index is 0.0571. The monoisotopic (exact) mass is 330 g/mol. The van der Waals surface area contributed by atoms with Crippen LogP contribution in [0.4, 0.5) is 4.79 Å². The number of aliphatic hydroxyl groups is 1. The molecule has 0 saturated carbocycles. The van der Waals surface area contributed by atoms with E-state index in [0.717, 1.165) is 24.3 Å². The van der Waals surface area contributed by atoms with Crippen molar-refractivity contribution in [3.63, 3.8) is 0 Å². The Morgan fingerprint density at radius 1 is 1.36 bits per heavy atom. The van der Waals surface area contributed by atoms with Gasteiger partial charge in [-0.05, 0) is 51.5 Å². The van der Waals surface area contributed by atoms with Crippen LogP contribution >= 0.6 is 11.8 Å². The molecule has 1 atom stereocenters. The molecule has 0 bridgehead atoms. The number of hydrogen-bond acceptors (Lipinski definition) is 5. The number of thioether (sulfide) groups is 1. The number of nitrogens with one attached hydrogen (secondary N) is 1. The van der Waals surface area contributed by atoms with E-state index in [1.807, 2.05) is 11.8 Å². The Morgan fingerprint density at radius 2 is 2.00 bits per heavy atom. The molecule has 2 saturated heterocycles. The van der Waals surface area contributed by atoms with Crippen LogP contribution in [0.15, 0.2) is 0 Å². The molecule has 0 unspecified atom stereocenters. The molecule has 0 spiro atoms. The van der Waals surface area contributed by atoms with Crippen LogP contribution in [0.5, 0.6) is 0 Å². The lowest BCUT2D eigenvalue weighted by Crippen LogP contribution is -2.64. The highest BCUT2D eigenvalue weighted by atomic mass is 32.2. The molecule has 7 heteroatoms. The largest absolute Gasteiger partial charge is 0.444 e. The lowest BCUT2D eigenvalue weighted by atomic mass is 9.91. The van der Waals surface area contributed by atoms with Crippen molar-refractivity contribution in [1.82, 2.24) is 10.2 Å². The van der Waals surface area contributed by atoms with Crippen LogP contribution < -0.4 is 5.32 Å². The third-order valence-corrected chi connectivity index (χ3v) is 5.08. The number of nitrogens with zero attached hydrogens (tertiary/aromatic N) is 1. The van der Waals surface area contributed by atoms with E-state index in [1.54, 1.807) is 20.8 Å². The summed E-state index contributed by atoms with van der Waals surface area (Å²) in [5.74, 6) is 1.68. The first kappa shape index (κ1) is 17.4. The fourth-order valence-corrected chi connectivity index (χ4v) is 3.90. The number of rotatable bonds is 3. The minimum Gasteiger partial charge on any atom is -0.444 e. The van der Waals surface area contributed by atoms with E-state index in [0.29, 0.717) is 13.0 Å². The highest BCUT2D eigenvalue weighted by Gasteiger charge is 2.43. The van der Waals surface area contributed by atoms with Crippen LogP contribution in [0.3, 0.4) is 0 Å². The second-order valence-corrected chi connectivity index (χ2v) is 8.24. The number of aliphatic hydroxyl groups excluding tert-OH is 1. The third-order valence-electron chi connectivity index (χ3n) is 4.09. The van der Waals surface area contributed by atoms with Gasteiger partial charge >= 0.3 is 6.09 Å². The van der Waals surface area contributed by atoms with Gasteiger partial charge in [0.1, 0.15) is 11.6 Å². The highest BCUT2D eigenvalue weighted by Crippen LogP contribution is 2.28. The normalized spacial score (nSPS) is 24.4. The van der Waals surface area contributed by atoms with Gasteiger partial charge in [-0.2, -0.15) is 11.8 Å². The Bertz CT molecular complexity index is 430. The van der Waals surface area contributed by atoms with Gasteiger partial charge in [0.25, 0.3) is 0 Å². The Balaban J connectivity index is 1.93.